The number of nitrogens with zero attached hydrogens (tertiary/aromatic N) is 4. The molecular weight excluding hydrogens is 414 g/mol. The fourth-order valence-electron chi connectivity index (χ4n) is 3.80. The highest BCUT2D eigenvalue weighted by atomic mass is 19.1. The highest BCUT2D eigenvalue weighted by Gasteiger charge is 2.23. The molecule has 0 unspecified atom stereocenters. The maximum atomic E-state index is 13.3. The predicted octanol–water partition coefficient (Wildman–Crippen LogP) is 3.71. The molecule has 0 bridgehead atoms. The van der Waals surface area contributed by atoms with Gasteiger partial charge < -0.3 is 9.64 Å². The molecule has 5 rings (SSSR count). The van der Waals surface area contributed by atoms with Crippen LogP contribution in [-0.2, 0) is 30.8 Å². The Morgan fingerprint density at radius 1 is 1.06 bits per heavy atom. The molecule has 0 spiro atoms. The number of ether oxygens (including phenoxy) is 1. The van der Waals surface area contributed by atoms with Crippen molar-refractivity contribution in [1.29, 1.82) is 0 Å². The Balaban J connectivity index is 1.28. The van der Waals surface area contributed by atoms with Gasteiger partial charge in [-0.2, -0.15) is 5.10 Å². The molecule has 162 valence electrons. The average molecular weight is 434 g/mol. The third kappa shape index (κ3) is 4.30. The Morgan fingerprint density at radius 3 is 2.72 bits per heavy atom. The second-order valence-corrected chi connectivity index (χ2v) is 7.77. The van der Waals surface area contributed by atoms with E-state index >= 15 is 0 Å². The lowest BCUT2D eigenvalue weighted by Gasteiger charge is -2.28. The summed E-state index contributed by atoms with van der Waals surface area (Å²) in [6, 6.07) is 13.8. The van der Waals surface area contributed by atoms with Crippen molar-refractivity contribution in [1.82, 2.24) is 19.5 Å². The fourth-order valence-corrected chi connectivity index (χ4v) is 3.80. The van der Waals surface area contributed by atoms with Gasteiger partial charge in [-0.3, -0.25) is 4.79 Å². The molecule has 0 aliphatic carbocycles. The van der Waals surface area contributed by atoms with Gasteiger partial charge in [0.2, 0.25) is 5.91 Å². The van der Waals surface area contributed by atoms with Crippen LogP contribution < -0.4 is 4.74 Å². The summed E-state index contributed by atoms with van der Waals surface area (Å²) in [5.74, 6) is -0.245. The SMILES string of the molecule is O=C(Cc1ccc(F)cc1)N1CCc2nc3cc(COc4cccc(F)c4)nn3cc2C1. The lowest BCUT2D eigenvalue weighted by Crippen LogP contribution is -2.37. The summed E-state index contributed by atoms with van der Waals surface area (Å²) in [5.41, 5.74) is 4.05. The Bertz CT molecular complexity index is 1290. The first kappa shape index (κ1) is 20.1. The van der Waals surface area contributed by atoms with Gasteiger partial charge in [0.1, 0.15) is 29.7 Å². The first-order chi connectivity index (χ1) is 15.5. The van der Waals surface area contributed by atoms with E-state index in [1.165, 1.54) is 24.3 Å². The van der Waals surface area contributed by atoms with Crippen molar-refractivity contribution in [3.63, 3.8) is 0 Å². The fraction of sp³-hybridized carbons (Fsp3) is 0.208. The van der Waals surface area contributed by atoms with Gasteiger partial charge in [-0.15, -0.1) is 0 Å². The highest BCUT2D eigenvalue weighted by Crippen LogP contribution is 2.20. The van der Waals surface area contributed by atoms with Gasteiger partial charge in [0.15, 0.2) is 5.65 Å². The van der Waals surface area contributed by atoms with Gasteiger partial charge in [0.25, 0.3) is 0 Å². The molecule has 1 amide bonds. The average Bonchev–Trinajstić information content (AvgIpc) is 3.19. The zero-order valence-corrected chi connectivity index (χ0v) is 17.2. The molecule has 0 fully saturated rings. The first-order valence-electron chi connectivity index (χ1n) is 10.3. The number of amides is 1. The van der Waals surface area contributed by atoms with Crippen LogP contribution in [-0.4, -0.2) is 31.9 Å². The zero-order valence-electron chi connectivity index (χ0n) is 17.2. The maximum absolute atomic E-state index is 13.3. The number of carbonyl (C=O) groups excluding carboxylic acids is 1. The Morgan fingerprint density at radius 2 is 1.91 bits per heavy atom. The Hall–Kier alpha value is -3.81. The Kier molecular flexibility index (Phi) is 5.26. The van der Waals surface area contributed by atoms with E-state index in [4.69, 9.17) is 9.72 Å². The molecule has 0 radical (unpaired) electrons. The topological polar surface area (TPSA) is 59.7 Å². The lowest BCUT2D eigenvalue weighted by molar-refractivity contribution is -0.131. The number of aromatic nitrogens is 3. The van der Waals surface area contributed by atoms with E-state index in [-0.39, 0.29) is 30.6 Å². The molecule has 3 heterocycles. The number of benzene rings is 2. The van der Waals surface area contributed by atoms with Crippen LogP contribution in [0.3, 0.4) is 0 Å². The van der Waals surface area contributed by atoms with Crippen molar-refractivity contribution in [2.75, 3.05) is 6.54 Å². The summed E-state index contributed by atoms with van der Waals surface area (Å²) < 4.78 is 33.7. The van der Waals surface area contributed by atoms with Gasteiger partial charge in [0.05, 0.1) is 12.1 Å². The largest absolute Gasteiger partial charge is 0.487 e. The van der Waals surface area contributed by atoms with Crippen molar-refractivity contribution in [2.24, 2.45) is 0 Å². The van der Waals surface area contributed by atoms with Crippen LogP contribution in [0.2, 0.25) is 0 Å². The van der Waals surface area contributed by atoms with E-state index in [1.54, 1.807) is 33.7 Å². The second kappa shape index (κ2) is 8.37. The summed E-state index contributed by atoms with van der Waals surface area (Å²) in [6.07, 6.45) is 2.77. The molecule has 0 N–H and O–H groups in total. The number of rotatable bonds is 5. The van der Waals surface area contributed by atoms with Crippen molar-refractivity contribution in [2.45, 2.75) is 26.0 Å². The van der Waals surface area contributed by atoms with E-state index in [1.807, 2.05) is 12.3 Å². The summed E-state index contributed by atoms with van der Waals surface area (Å²) in [6.45, 7) is 1.23. The standard InChI is InChI=1S/C24H20F2N4O2/c25-18-6-4-16(5-7-18)10-24(31)29-9-8-22-17(13-29)14-30-23(27-22)12-20(28-30)15-32-21-3-1-2-19(26)11-21/h1-7,11-12,14H,8-10,13,15H2. The summed E-state index contributed by atoms with van der Waals surface area (Å²) >= 11 is 0. The van der Waals surface area contributed by atoms with Crippen molar-refractivity contribution in [3.05, 3.63) is 94.9 Å². The molecule has 2 aromatic heterocycles. The normalized spacial score (nSPS) is 13.2. The molecule has 0 saturated heterocycles. The van der Waals surface area contributed by atoms with Crippen molar-refractivity contribution >= 4 is 11.6 Å². The molecule has 1 aliphatic heterocycles. The third-order valence-electron chi connectivity index (χ3n) is 5.45. The minimum atomic E-state index is -0.356. The van der Waals surface area contributed by atoms with Crippen LogP contribution in [0.5, 0.6) is 5.75 Å². The van der Waals surface area contributed by atoms with Gasteiger partial charge in [0, 0.05) is 43.4 Å². The quantitative estimate of drug-likeness (QED) is 0.481. The lowest BCUT2D eigenvalue weighted by atomic mass is 10.1. The molecule has 2 aromatic carbocycles. The molecule has 0 atom stereocenters. The van der Waals surface area contributed by atoms with Gasteiger partial charge in [-0.1, -0.05) is 18.2 Å². The smallest absolute Gasteiger partial charge is 0.227 e. The molecule has 4 aromatic rings. The van der Waals surface area contributed by atoms with Gasteiger partial charge >= 0.3 is 0 Å². The zero-order chi connectivity index (χ0) is 22.1. The number of halogens is 2. The van der Waals surface area contributed by atoms with Crippen molar-refractivity contribution in [3.8, 4) is 5.75 Å². The monoisotopic (exact) mass is 434 g/mol. The molecule has 1 aliphatic rings. The minimum Gasteiger partial charge on any atom is -0.487 e. The van der Waals surface area contributed by atoms with E-state index in [0.717, 1.165) is 16.8 Å². The highest BCUT2D eigenvalue weighted by molar-refractivity contribution is 5.79. The molecule has 32 heavy (non-hydrogen) atoms. The van der Waals surface area contributed by atoms with Crippen LogP contribution in [0.25, 0.3) is 5.65 Å². The number of fused-ring (bicyclic) bond motifs is 2. The van der Waals surface area contributed by atoms with Crippen molar-refractivity contribution < 1.29 is 18.3 Å². The van der Waals surface area contributed by atoms with E-state index in [9.17, 15) is 13.6 Å². The molecule has 8 heteroatoms. The van der Waals surface area contributed by atoms with Gasteiger partial charge in [-0.05, 0) is 29.8 Å². The number of hydrogen-bond donors (Lipinski definition) is 0. The summed E-state index contributed by atoms with van der Waals surface area (Å²) in [4.78, 5) is 19.2. The molecule has 0 saturated carbocycles. The first-order valence-corrected chi connectivity index (χ1v) is 10.3. The van der Waals surface area contributed by atoms with Crippen LogP contribution >= 0.6 is 0 Å². The number of carbonyl (C=O) groups is 1. The van der Waals surface area contributed by atoms with E-state index in [2.05, 4.69) is 5.10 Å². The van der Waals surface area contributed by atoms with E-state index < -0.39 is 0 Å². The maximum Gasteiger partial charge on any atom is 0.227 e. The Labute approximate surface area is 183 Å². The van der Waals surface area contributed by atoms with Crippen LogP contribution in [0.15, 0.2) is 60.8 Å². The minimum absolute atomic E-state index is 0.00740. The predicted molar refractivity (Wildman–Crippen MR) is 113 cm³/mol. The van der Waals surface area contributed by atoms with Crippen LogP contribution in [0, 0.1) is 11.6 Å². The van der Waals surface area contributed by atoms with Gasteiger partial charge in [-0.25, -0.2) is 18.3 Å². The van der Waals surface area contributed by atoms with Crippen LogP contribution in [0.4, 0.5) is 8.78 Å². The molecule has 6 nitrogen and oxygen atoms in total. The summed E-state index contributed by atoms with van der Waals surface area (Å²) in [5, 5.41) is 4.50. The number of hydrogen-bond acceptors (Lipinski definition) is 4. The second-order valence-electron chi connectivity index (χ2n) is 7.77. The third-order valence-corrected chi connectivity index (χ3v) is 5.45. The van der Waals surface area contributed by atoms with Crippen LogP contribution in [0.1, 0.15) is 22.5 Å². The van der Waals surface area contributed by atoms with E-state index in [0.29, 0.717) is 36.6 Å². The summed E-state index contributed by atoms with van der Waals surface area (Å²) in [7, 11) is 0. The molecular formula is C24H20F2N4O2.